The van der Waals surface area contributed by atoms with Crippen molar-refractivity contribution in [2.75, 3.05) is 5.73 Å². The van der Waals surface area contributed by atoms with Gasteiger partial charge in [-0.05, 0) is 23.8 Å². The first kappa shape index (κ1) is 13.6. The summed E-state index contributed by atoms with van der Waals surface area (Å²) < 4.78 is 28.0. The zero-order valence-corrected chi connectivity index (χ0v) is 11.4. The van der Waals surface area contributed by atoms with Crippen LogP contribution in [0, 0.1) is 0 Å². The van der Waals surface area contributed by atoms with E-state index >= 15 is 0 Å². The van der Waals surface area contributed by atoms with Crippen molar-refractivity contribution in [2.45, 2.75) is 12.3 Å². The molecule has 0 aliphatic carbocycles. The molecule has 0 bridgehead atoms. The molecule has 0 saturated carbocycles. The molecule has 19 heavy (non-hydrogen) atoms. The number of benzene rings is 1. The number of nitrogens with zero attached hydrogens (tertiary/aromatic N) is 2. The molecule has 0 aliphatic heterocycles. The summed E-state index contributed by atoms with van der Waals surface area (Å²) in [6, 6.07) is 8.62. The lowest BCUT2D eigenvalue weighted by Crippen LogP contribution is -2.25. The van der Waals surface area contributed by atoms with Gasteiger partial charge in [0.25, 0.3) is 0 Å². The molecule has 0 spiro atoms. The first-order chi connectivity index (χ1) is 8.96. The van der Waals surface area contributed by atoms with Gasteiger partial charge in [0.2, 0.25) is 10.0 Å². The van der Waals surface area contributed by atoms with E-state index in [1.807, 2.05) is 0 Å². The average Bonchev–Trinajstić information content (AvgIpc) is 2.72. The number of nitrogen functional groups attached to an aromatic ring is 1. The van der Waals surface area contributed by atoms with Crippen LogP contribution in [0.15, 0.2) is 36.5 Å². The number of anilines is 1. The minimum absolute atomic E-state index is 0.0874. The van der Waals surface area contributed by atoms with Gasteiger partial charge < -0.3 is 5.73 Å². The highest BCUT2D eigenvalue weighted by molar-refractivity contribution is 7.88. The molecule has 0 fully saturated rings. The highest BCUT2D eigenvalue weighted by Crippen LogP contribution is 2.10. The van der Waals surface area contributed by atoms with Crippen LogP contribution in [0.5, 0.6) is 0 Å². The van der Waals surface area contributed by atoms with Crippen LogP contribution in [0.25, 0.3) is 0 Å². The Kier molecular flexibility index (Phi) is 3.87. The van der Waals surface area contributed by atoms with Gasteiger partial charge in [0.05, 0.1) is 18.0 Å². The quantitative estimate of drug-likeness (QED) is 0.786. The van der Waals surface area contributed by atoms with Crippen LogP contribution in [0.4, 0.5) is 5.69 Å². The summed E-state index contributed by atoms with van der Waals surface area (Å²) in [5, 5.41) is 3.98. The molecule has 2 rings (SSSR count). The largest absolute Gasteiger partial charge is 0.399 e. The summed E-state index contributed by atoms with van der Waals surface area (Å²) in [4.78, 5) is 0. The van der Waals surface area contributed by atoms with Crippen LogP contribution in [-0.2, 0) is 29.4 Å². The number of sulfonamides is 1. The molecule has 0 amide bonds. The van der Waals surface area contributed by atoms with Crippen molar-refractivity contribution < 1.29 is 8.42 Å². The molecule has 1 heterocycles. The molecule has 0 atom stereocenters. The highest BCUT2D eigenvalue weighted by atomic mass is 32.2. The van der Waals surface area contributed by atoms with E-state index in [0.29, 0.717) is 11.3 Å². The Labute approximate surface area is 112 Å². The van der Waals surface area contributed by atoms with Crippen molar-refractivity contribution in [3.05, 3.63) is 47.8 Å². The molecule has 0 aliphatic rings. The van der Waals surface area contributed by atoms with Crippen molar-refractivity contribution in [1.29, 1.82) is 0 Å². The molecule has 2 aromatic rings. The van der Waals surface area contributed by atoms with E-state index in [9.17, 15) is 8.42 Å². The van der Waals surface area contributed by atoms with Gasteiger partial charge in [0, 0.05) is 18.9 Å². The summed E-state index contributed by atoms with van der Waals surface area (Å²) in [5.74, 6) is -0.0874. The Morgan fingerprint density at radius 3 is 2.79 bits per heavy atom. The number of aromatic nitrogens is 2. The molecule has 7 heteroatoms. The second-order valence-corrected chi connectivity index (χ2v) is 6.08. The maximum atomic E-state index is 11.9. The molecule has 1 aromatic carbocycles. The zero-order chi connectivity index (χ0) is 13.9. The first-order valence-corrected chi connectivity index (χ1v) is 7.40. The fourth-order valence-corrected chi connectivity index (χ4v) is 2.80. The fraction of sp³-hybridized carbons (Fsp3) is 0.250. The summed E-state index contributed by atoms with van der Waals surface area (Å²) >= 11 is 0. The lowest BCUT2D eigenvalue weighted by Gasteiger charge is -2.07. The van der Waals surface area contributed by atoms with E-state index in [1.54, 1.807) is 48.3 Å². The number of aryl methyl sites for hydroxylation is 1. The molecule has 1 aromatic heterocycles. The third-order valence-corrected chi connectivity index (χ3v) is 4.00. The first-order valence-electron chi connectivity index (χ1n) is 5.75. The summed E-state index contributed by atoms with van der Waals surface area (Å²) in [6.45, 7) is 0.223. The van der Waals surface area contributed by atoms with Crippen molar-refractivity contribution >= 4 is 15.7 Å². The standard InChI is InChI=1S/C12H16N4O2S/c1-16-12(5-6-14-16)8-15-19(17,18)9-10-3-2-4-11(13)7-10/h2-7,15H,8-9,13H2,1H3. The molecular weight excluding hydrogens is 264 g/mol. The second-order valence-electron chi connectivity index (χ2n) is 4.27. The number of rotatable bonds is 5. The van der Waals surface area contributed by atoms with Gasteiger partial charge in [0.1, 0.15) is 0 Å². The lowest BCUT2D eigenvalue weighted by atomic mass is 10.2. The Balaban J connectivity index is 2.01. The van der Waals surface area contributed by atoms with Crippen LogP contribution in [0.1, 0.15) is 11.3 Å². The molecule has 0 saturated heterocycles. The maximum absolute atomic E-state index is 11.9. The third-order valence-electron chi connectivity index (χ3n) is 2.70. The SMILES string of the molecule is Cn1nccc1CNS(=O)(=O)Cc1cccc(N)c1. The zero-order valence-electron chi connectivity index (χ0n) is 10.6. The Bertz CT molecular complexity index is 664. The minimum atomic E-state index is -3.39. The second kappa shape index (κ2) is 5.41. The van der Waals surface area contributed by atoms with Gasteiger partial charge in [-0.3, -0.25) is 4.68 Å². The van der Waals surface area contributed by atoms with Crippen molar-refractivity contribution in [3.8, 4) is 0 Å². The number of hydrogen-bond donors (Lipinski definition) is 2. The molecule has 3 N–H and O–H groups in total. The van der Waals surface area contributed by atoms with Gasteiger partial charge in [-0.1, -0.05) is 12.1 Å². The van der Waals surface area contributed by atoms with E-state index in [-0.39, 0.29) is 12.3 Å². The molecule has 6 nitrogen and oxygen atoms in total. The van der Waals surface area contributed by atoms with Crippen LogP contribution >= 0.6 is 0 Å². The van der Waals surface area contributed by atoms with E-state index in [2.05, 4.69) is 9.82 Å². The monoisotopic (exact) mass is 280 g/mol. The van der Waals surface area contributed by atoms with Gasteiger partial charge in [-0.15, -0.1) is 0 Å². The topological polar surface area (TPSA) is 90.0 Å². The number of hydrogen-bond acceptors (Lipinski definition) is 4. The van der Waals surface area contributed by atoms with Crippen LogP contribution in [0.3, 0.4) is 0 Å². The van der Waals surface area contributed by atoms with Gasteiger partial charge >= 0.3 is 0 Å². The molecule has 0 radical (unpaired) electrons. The maximum Gasteiger partial charge on any atom is 0.216 e. The summed E-state index contributed by atoms with van der Waals surface area (Å²) in [5.41, 5.74) is 7.64. The summed E-state index contributed by atoms with van der Waals surface area (Å²) in [6.07, 6.45) is 1.63. The Morgan fingerprint density at radius 1 is 1.37 bits per heavy atom. The molecular formula is C12H16N4O2S. The smallest absolute Gasteiger partial charge is 0.216 e. The van der Waals surface area contributed by atoms with Crippen molar-refractivity contribution in [2.24, 2.45) is 7.05 Å². The van der Waals surface area contributed by atoms with Gasteiger partial charge in [-0.2, -0.15) is 5.10 Å². The number of nitrogens with two attached hydrogens (primary N) is 1. The van der Waals surface area contributed by atoms with E-state index in [1.165, 1.54) is 0 Å². The van der Waals surface area contributed by atoms with Gasteiger partial charge in [0.15, 0.2) is 0 Å². The van der Waals surface area contributed by atoms with E-state index < -0.39 is 10.0 Å². The van der Waals surface area contributed by atoms with Crippen molar-refractivity contribution in [1.82, 2.24) is 14.5 Å². The fourth-order valence-electron chi connectivity index (χ4n) is 1.71. The molecule has 0 unspecified atom stereocenters. The van der Waals surface area contributed by atoms with E-state index in [0.717, 1.165) is 5.69 Å². The Hall–Kier alpha value is -1.86. The normalized spacial score (nSPS) is 11.6. The predicted molar refractivity (Wildman–Crippen MR) is 73.5 cm³/mol. The van der Waals surface area contributed by atoms with E-state index in [4.69, 9.17) is 5.73 Å². The van der Waals surface area contributed by atoms with Crippen LogP contribution in [0.2, 0.25) is 0 Å². The highest BCUT2D eigenvalue weighted by Gasteiger charge is 2.12. The van der Waals surface area contributed by atoms with Crippen molar-refractivity contribution in [3.63, 3.8) is 0 Å². The van der Waals surface area contributed by atoms with Crippen LogP contribution in [-0.4, -0.2) is 18.2 Å². The Morgan fingerprint density at radius 2 is 2.16 bits per heavy atom. The van der Waals surface area contributed by atoms with Gasteiger partial charge in [-0.25, -0.2) is 13.1 Å². The predicted octanol–water partition coefficient (Wildman–Crippen LogP) is 0.622. The lowest BCUT2D eigenvalue weighted by molar-refractivity contribution is 0.576. The third kappa shape index (κ3) is 3.80. The van der Waals surface area contributed by atoms with Crippen LogP contribution < -0.4 is 10.5 Å². The summed E-state index contributed by atoms with van der Waals surface area (Å²) in [7, 11) is -1.63. The molecule has 102 valence electrons. The average molecular weight is 280 g/mol. The number of nitrogens with one attached hydrogen (secondary N) is 1. The minimum Gasteiger partial charge on any atom is -0.399 e.